The van der Waals surface area contributed by atoms with Gasteiger partial charge < -0.3 is 10.0 Å². The molecule has 0 saturated carbocycles. The van der Waals surface area contributed by atoms with Crippen LogP contribution in [0.1, 0.15) is 22.6 Å². The summed E-state index contributed by atoms with van der Waals surface area (Å²) in [6.07, 6.45) is -0.421. The lowest BCUT2D eigenvalue weighted by Gasteiger charge is -2.26. The summed E-state index contributed by atoms with van der Waals surface area (Å²) in [5.74, 6) is 0.0131. The molecule has 1 N–H and O–H groups in total. The first-order valence-corrected chi connectivity index (χ1v) is 7.02. The Labute approximate surface area is 121 Å². The molecular weight excluding hydrogens is 246 g/mol. The zero-order chi connectivity index (χ0) is 14.5. The highest BCUT2D eigenvalue weighted by atomic mass is 16.3. The average molecular weight is 269 g/mol. The molecule has 0 aliphatic heterocycles. The number of nitrogens with zero attached hydrogens (tertiary/aromatic N) is 1. The van der Waals surface area contributed by atoms with Crippen molar-refractivity contribution >= 4 is 0 Å². The van der Waals surface area contributed by atoms with Crippen molar-refractivity contribution in [1.82, 2.24) is 4.90 Å². The van der Waals surface area contributed by atoms with E-state index in [0.717, 1.165) is 11.1 Å². The third-order valence-electron chi connectivity index (χ3n) is 3.53. The van der Waals surface area contributed by atoms with Gasteiger partial charge in [-0.25, -0.2) is 0 Å². The van der Waals surface area contributed by atoms with E-state index in [9.17, 15) is 5.11 Å². The second-order valence-corrected chi connectivity index (χ2v) is 5.63. The quantitative estimate of drug-likeness (QED) is 0.902. The molecule has 20 heavy (non-hydrogen) atoms. The van der Waals surface area contributed by atoms with Crippen LogP contribution < -0.4 is 0 Å². The molecule has 2 atom stereocenters. The van der Waals surface area contributed by atoms with Crippen LogP contribution in [-0.4, -0.2) is 36.8 Å². The van der Waals surface area contributed by atoms with E-state index >= 15 is 0 Å². The predicted octanol–water partition coefficient (Wildman–Crippen LogP) is 3.05. The average Bonchev–Trinajstić information content (AvgIpc) is 2.42. The van der Waals surface area contributed by atoms with Crippen LogP contribution in [0.5, 0.6) is 0 Å². The fraction of sp³-hybridized carbons (Fsp3) is 0.333. The Morgan fingerprint density at radius 1 is 0.900 bits per heavy atom. The molecule has 0 aliphatic carbocycles. The van der Waals surface area contributed by atoms with Crippen LogP contribution in [0.15, 0.2) is 54.6 Å². The number of aryl methyl sites for hydroxylation is 1. The molecule has 0 heterocycles. The molecule has 0 fully saturated rings. The van der Waals surface area contributed by atoms with Crippen molar-refractivity contribution in [2.75, 3.05) is 20.6 Å². The van der Waals surface area contributed by atoms with E-state index in [1.807, 2.05) is 37.2 Å². The number of likely N-dealkylation sites (N-methyl/N-ethyl adjacent to an activating group) is 1. The molecule has 0 radical (unpaired) electrons. The molecule has 0 unspecified atom stereocenters. The van der Waals surface area contributed by atoms with Crippen molar-refractivity contribution in [2.24, 2.45) is 0 Å². The fourth-order valence-electron chi connectivity index (χ4n) is 2.55. The van der Waals surface area contributed by atoms with Crippen molar-refractivity contribution in [1.29, 1.82) is 0 Å². The smallest absolute Gasteiger partial charge is 0.0775 e. The van der Waals surface area contributed by atoms with Crippen LogP contribution >= 0.6 is 0 Å². The summed E-state index contributed by atoms with van der Waals surface area (Å²) in [7, 11) is 3.97. The van der Waals surface area contributed by atoms with Crippen molar-refractivity contribution in [3.05, 3.63) is 71.3 Å². The van der Waals surface area contributed by atoms with Crippen LogP contribution in [0.4, 0.5) is 0 Å². The van der Waals surface area contributed by atoms with Gasteiger partial charge in [0, 0.05) is 12.5 Å². The van der Waals surface area contributed by atoms with E-state index in [1.54, 1.807) is 0 Å². The van der Waals surface area contributed by atoms with Gasteiger partial charge in [0.25, 0.3) is 0 Å². The Morgan fingerprint density at radius 2 is 1.45 bits per heavy atom. The third-order valence-corrected chi connectivity index (χ3v) is 3.53. The van der Waals surface area contributed by atoms with Crippen molar-refractivity contribution < 1.29 is 5.11 Å². The van der Waals surface area contributed by atoms with Gasteiger partial charge in [0.15, 0.2) is 0 Å². The zero-order valence-electron chi connectivity index (χ0n) is 12.5. The Balaban J connectivity index is 2.36. The lowest BCUT2D eigenvalue weighted by Crippen LogP contribution is -2.31. The lowest BCUT2D eigenvalue weighted by molar-refractivity contribution is 0.121. The minimum Gasteiger partial charge on any atom is -0.391 e. The van der Waals surface area contributed by atoms with Gasteiger partial charge in [-0.05, 0) is 32.1 Å². The summed E-state index contributed by atoms with van der Waals surface area (Å²) in [6.45, 7) is 2.73. The van der Waals surface area contributed by atoms with E-state index in [1.165, 1.54) is 5.56 Å². The van der Waals surface area contributed by atoms with E-state index in [-0.39, 0.29) is 5.92 Å². The second kappa shape index (κ2) is 6.69. The molecule has 2 heteroatoms. The van der Waals surface area contributed by atoms with Gasteiger partial charge in [0.2, 0.25) is 0 Å². The molecule has 0 amide bonds. The van der Waals surface area contributed by atoms with Gasteiger partial charge in [-0.15, -0.1) is 0 Å². The Bertz CT molecular complexity index is 519. The SMILES string of the molecule is Cc1ccc([C@@H](c2ccccc2)[C@@H](O)CN(C)C)cc1. The highest BCUT2D eigenvalue weighted by Gasteiger charge is 2.23. The topological polar surface area (TPSA) is 23.5 Å². The number of aliphatic hydroxyl groups excluding tert-OH is 1. The van der Waals surface area contributed by atoms with Gasteiger partial charge >= 0.3 is 0 Å². The van der Waals surface area contributed by atoms with Crippen LogP contribution in [0.3, 0.4) is 0 Å². The summed E-state index contributed by atoms with van der Waals surface area (Å²) >= 11 is 0. The van der Waals surface area contributed by atoms with Crippen LogP contribution in [0.2, 0.25) is 0 Å². The minimum absolute atomic E-state index is 0.0131. The molecule has 2 aromatic rings. The van der Waals surface area contributed by atoms with Gasteiger partial charge in [0.1, 0.15) is 0 Å². The maximum Gasteiger partial charge on any atom is 0.0775 e. The Hall–Kier alpha value is -1.64. The van der Waals surface area contributed by atoms with E-state index in [0.29, 0.717) is 6.54 Å². The molecule has 2 nitrogen and oxygen atoms in total. The fourth-order valence-corrected chi connectivity index (χ4v) is 2.55. The maximum absolute atomic E-state index is 10.6. The summed E-state index contributed by atoms with van der Waals surface area (Å²) in [4.78, 5) is 2.02. The molecule has 0 spiro atoms. The van der Waals surface area contributed by atoms with Gasteiger partial charge in [-0.2, -0.15) is 0 Å². The molecule has 0 aromatic heterocycles. The van der Waals surface area contributed by atoms with Crippen LogP contribution in [0.25, 0.3) is 0 Å². The first-order chi connectivity index (χ1) is 9.58. The van der Waals surface area contributed by atoms with E-state index in [4.69, 9.17) is 0 Å². The van der Waals surface area contributed by atoms with Gasteiger partial charge in [-0.1, -0.05) is 60.2 Å². The Morgan fingerprint density at radius 3 is 2.00 bits per heavy atom. The maximum atomic E-state index is 10.6. The van der Waals surface area contributed by atoms with Crippen LogP contribution in [-0.2, 0) is 0 Å². The number of aliphatic hydroxyl groups is 1. The van der Waals surface area contributed by atoms with Crippen molar-refractivity contribution in [2.45, 2.75) is 18.9 Å². The van der Waals surface area contributed by atoms with Crippen LogP contribution in [0, 0.1) is 6.92 Å². The molecule has 0 saturated heterocycles. The van der Waals surface area contributed by atoms with Crippen molar-refractivity contribution in [3.8, 4) is 0 Å². The Kier molecular flexibility index (Phi) is 4.94. The van der Waals surface area contributed by atoms with E-state index in [2.05, 4.69) is 43.3 Å². The van der Waals surface area contributed by atoms with Crippen molar-refractivity contribution in [3.63, 3.8) is 0 Å². The number of hydrogen-bond donors (Lipinski definition) is 1. The summed E-state index contributed by atoms with van der Waals surface area (Å²) in [5, 5.41) is 10.6. The number of benzene rings is 2. The van der Waals surface area contributed by atoms with Gasteiger partial charge in [0.05, 0.1) is 6.10 Å². The lowest BCUT2D eigenvalue weighted by atomic mass is 9.86. The molecule has 106 valence electrons. The highest BCUT2D eigenvalue weighted by Crippen LogP contribution is 2.28. The molecule has 2 aromatic carbocycles. The molecular formula is C18H23NO. The molecule has 2 rings (SSSR count). The largest absolute Gasteiger partial charge is 0.391 e. The number of rotatable bonds is 5. The molecule has 0 aliphatic rings. The summed E-state index contributed by atoms with van der Waals surface area (Å²) < 4.78 is 0. The first-order valence-electron chi connectivity index (χ1n) is 7.02. The monoisotopic (exact) mass is 269 g/mol. The number of hydrogen-bond acceptors (Lipinski definition) is 2. The standard InChI is InChI=1S/C18H23NO/c1-14-9-11-16(12-10-14)18(17(20)13-19(2)3)15-7-5-4-6-8-15/h4-12,17-18,20H,13H2,1-3H3/t17-,18+/m0/s1. The summed E-state index contributed by atoms with van der Waals surface area (Å²) in [5.41, 5.74) is 3.56. The minimum atomic E-state index is -0.421. The molecule has 0 bridgehead atoms. The normalized spacial score (nSPS) is 14.2. The predicted molar refractivity (Wildman–Crippen MR) is 84.0 cm³/mol. The first kappa shape index (κ1) is 14.8. The third kappa shape index (κ3) is 3.69. The zero-order valence-corrected chi connectivity index (χ0v) is 12.5. The van der Waals surface area contributed by atoms with E-state index < -0.39 is 6.10 Å². The summed E-state index contributed by atoms with van der Waals surface area (Å²) in [6, 6.07) is 18.7. The second-order valence-electron chi connectivity index (χ2n) is 5.63. The highest BCUT2D eigenvalue weighted by molar-refractivity contribution is 5.35. The van der Waals surface area contributed by atoms with Gasteiger partial charge in [-0.3, -0.25) is 0 Å².